The van der Waals surface area contributed by atoms with Gasteiger partial charge in [-0.2, -0.15) is 0 Å². The van der Waals surface area contributed by atoms with Crippen LogP contribution in [0.1, 0.15) is 47.1 Å². The maximum atomic E-state index is 11.7. The van der Waals surface area contributed by atoms with Crippen molar-refractivity contribution in [2.75, 3.05) is 6.54 Å². The Balaban J connectivity index is 2.34. The minimum absolute atomic E-state index is 0.0139. The SMILES string of the molecule is CC(CNCc1cccc(OC(C)C)c1)NC(=O)OC(C)(C)C. The summed E-state index contributed by atoms with van der Waals surface area (Å²) in [5.41, 5.74) is 0.668. The summed E-state index contributed by atoms with van der Waals surface area (Å²) in [5, 5.41) is 6.14. The third-order valence-corrected chi connectivity index (χ3v) is 2.81. The molecule has 23 heavy (non-hydrogen) atoms. The first kappa shape index (κ1) is 19.3. The quantitative estimate of drug-likeness (QED) is 0.807. The zero-order valence-electron chi connectivity index (χ0n) is 15.1. The van der Waals surface area contributed by atoms with Crippen LogP contribution >= 0.6 is 0 Å². The molecule has 1 unspecified atom stereocenters. The summed E-state index contributed by atoms with van der Waals surface area (Å²) < 4.78 is 10.9. The Labute approximate surface area is 139 Å². The molecule has 0 saturated heterocycles. The van der Waals surface area contributed by atoms with Gasteiger partial charge in [0, 0.05) is 19.1 Å². The van der Waals surface area contributed by atoms with Crippen molar-refractivity contribution in [3.05, 3.63) is 29.8 Å². The molecule has 0 aliphatic carbocycles. The number of benzene rings is 1. The lowest BCUT2D eigenvalue weighted by Crippen LogP contribution is -2.42. The van der Waals surface area contributed by atoms with Gasteiger partial charge in [0.05, 0.1) is 6.10 Å². The summed E-state index contributed by atoms with van der Waals surface area (Å²) >= 11 is 0. The summed E-state index contributed by atoms with van der Waals surface area (Å²) in [5.74, 6) is 0.874. The minimum atomic E-state index is -0.478. The van der Waals surface area contributed by atoms with Crippen molar-refractivity contribution in [1.29, 1.82) is 0 Å². The average Bonchev–Trinajstić information content (AvgIpc) is 2.35. The van der Waals surface area contributed by atoms with Gasteiger partial charge in [-0.3, -0.25) is 0 Å². The molecule has 0 aliphatic rings. The van der Waals surface area contributed by atoms with Crippen molar-refractivity contribution in [2.45, 2.75) is 65.8 Å². The third-order valence-electron chi connectivity index (χ3n) is 2.81. The molecule has 1 amide bonds. The fourth-order valence-corrected chi connectivity index (χ4v) is 1.99. The molecule has 0 saturated carbocycles. The largest absolute Gasteiger partial charge is 0.491 e. The van der Waals surface area contributed by atoms with Crippen LogP contribution in [-0.4, -0.2) is 30.4 Å². The molecule has 0 bridgehead atoms. The number of hydrogen-bond donors (Lipinski definition) is 2. The molecule has 0 radical (unpaired) electrons. The number of carbonyl (C=O) groups excluding carboxylic acids is 1. The van der Waals surface area contributed by atoms with E-state index in [1.54, 1.807) is 0 Å². The first-order valence-corrected chi connectivity index (χ1v) is 8.11. The molecule has 0 aromatic heterocycles. The normalized spacial score (nSPS) is 12.8. The number of ether oxygens (including phenoxy) is 2. The fourth-order valence-electron chi connectivity index (χ4n) is 1.99. The Morgan fingerprint density at radius 3 is 2.52 bits per heavy atom. The molecule has 1 atom stereocenters. The summed E-state index contributed by atoms with van der Waals surface area (Å²) in [7, 11) is 0. The standard InChI is InChI=1S/C18H30N2O3/c1-13(2)22-16-9-7-8-15(10-16)12-19-11-14(3)20-17(21)23-18(4,5)6/h7-10,13-14,19H,11-12H2,1-6H3,(H,20,21). The van der Waals surface area contributed by atoms with Crippen molar-refractivity contribution in [3.63, 3.8) is 0 Å². The van der Waals surface area contributed by atoms with E-state index in [4.69, 9.17) is 9.47 Å². The van der Waals surface area contributed by atoms with E-state index in [1.165, 1.54) is 0 Å². The monoisotopic (exact) mass is 322 g/mol. The van der Waals surface area contributed by atoms with Crippen LogP contribution in [0.25, 0.3) is 0 Å². The van der Waals surface area contributed by atoms with Gasteiger partial charge in [0.2, 0.25) is 0 Å². The van der Waals surface area contributed by atoms with Gasteiger partial charge in [0.1, 0.15) is 11.4 Å². The average molecular weight is 322 g/mol. The summed E-state index contributed by atoms with van der Waals surface area (Å²) in [6.07, 6.45) is -0.226. The zero-order chi connectivity index (χ0) is 17.5. The molecule has 5 nitrogen and oxygen atoms in total. The number of carbonyl (C=O) groups is 1. The van der Waals surface area contributed by atoms with Crippen LogP contribution in [0.3, 0.4) is 0 Å². The van der Waals surface area contributed by atoms with Gasteiger partial charge in [-0.1, -0.05) is 12.1 Å². The zero-order valence-corrected chi connectivity index (χ0v) is 15.1. The second kappa shape index (κ2) is 8.77. The highest BCUT2D eigenvalue weighted by Gasteiger charge is 2.17. The van der Waals surface area contributed by atoms with E-state index in [0.29, 0.717) is 6.54 Å². The number of amides is 1. The molecule has 0 aliphatic heterocycles. The van der Waals surface area contributed by atoms with Gasteiger partial charge in [0.15, 0.2) is 0 Å². The van der Waals surface area contributed by atoms with Crippen LogP contribution in [0.5, 0.6) is 5.75 Å². The van der Waals surface area contributed by atoms with Gasteiger partial charge in [-0.15, -0.1) is 0 Å². The van der Waals surface area contributed by atoms with Gasteiger partial charge in [0.25, 0.3) is 0 Å². The molecule has 2 N–H and O–H groups in total. The van der Waals surface area contributed by atoms with E-state index in [9.17, 15) is 4.79 Å². The highest BCUT2D eigenvalue weighted by atomic mass is 16.6. The highest BCUT2D eigenvalue weighted by molar-refractivity contribution is 5.68. The van der Waals surface area contributed by atoms with Crippen LogP contribution in [0, 0.1) is 0 Å². The van der Waals surface area contributed by atoms with Gasteiger partial charge < -0.3 is 20.1 Å². The minimum Gasteiger partial charge on any atom is -0.491 e. The van der Waals surface area contributed by atoms with Crippen molar-refractivity contribution in [1.82, 2.24) is 10.6 Å². The van der Waals surface area contributed by atoms with Crippen LogP contribution in [0.4, 0.5) is 4.79 Å². The third kappa shape index (κ3) is 9.08. The summed E-state index contributed by atoms with van der Waals surface area (Å²) in [6, 6.07) is 8.00. The highest BCUT2D eigenvalue weighted by Crippen LogP contribution is 2.14. The fraction of sp³-hybridized carbons (Fsp3) is 0.611. The van der Waals surface area contributed by atoms with Crippen molar-refractivity contribution >= 4 is 6.09 Å². The molecule has 0 spiro atoms. The van der Waals surface area contributed by atoms with E-state index in [1.807, 2.05) is 65.8 Å². The molecule has 1 aromatic carbocycles. The molecule has 5 heteroatoms. The Morgan fingerprint density at radius 1 is 1.22 bits per heavy atom. The summed E-state index contributed by atoms with van der Waals surface area (Å²) in [4.78, 5) is 11.7. The van der Waals surface area contributed by atoms with Crippen molar-refractivity contribution < 1.29 is 14.3 Å². The second-order valence-electron chi connectivity index (χ2n) is 6.99. The lowest BCUT2D eigenvalue weighted by Gasteiger charge is -2.22. The van der Waals surface area contributed by atoms with Gasteiger partial charge in [-0.05, 0) is 59.2 Å². The lowest BCUT2D eigenvalue weighted by atomic mass is 10.2. The van der Waals surface area contributed by atoms with Gasteiger partial charge >= 0.3 is 6.09 Å². The first-order chi connectivity index (χ1) is 10.7. The molecule has 1 aromatic rings. The predicted molar refractivity (Wildman–Crippen MR) is 92.7 cm³/mol. The molecular formula is C18H30N2O3. The predicted octanol–water partition coefficient (Wildman–Crippen LogP) is 3.48. The number of alkyl carbamates (subject to hydrolysis) is 1. The molecule has 130 valence electrons. The Hall–Kier alpha value is -1.75. The number of nitrogens with one attached hydrogen (secondary N) is 2. The van der Waals surface area contributed by atoms with Crippen molar-refractivity contribution in [3.8, 4) is 5.75 Å². The molecule has 0 heterocycles. The maximum absolute atomic E-state index is 11.7. The molecule has 1 rings (SSSR count). The van der Waals surface area contributed by atoms with Crippen molar-refractivity contribution in [2.24, 2.45) is 0 Å². The van der Waals surface area contributed by atoms with Gasteiger partial charge in [-0.25, -0.2) is 4.79 Å². The molecular weight excluding hydrogens is 292 g/mol. The van der Waals surface area contributed by atoms with Crippen LogP contribution in [0.2, 0.25) is 0 Å². The Kier molecular flexibility index (Phi) is 7.36. The topological polar surface area (TPSA) is 59.6 Å². The lowest BCUT2D eigenvalue weighted by molar-refractivity contribution is 0.0508. The maximum Gasteiger partial charge on any atom is 0.407 e. The van der Waals surface area contributed by atoms with E-state index in [-0.39, 0.29) is 18.2 Å². The summed E-state index contributed by atoms with van der Waals surface area (Å²) in [6.45, 7) is 12.9. The number of rotatable bonds is 7. The smallest absolute Gasteiger partial charge is 0.407 e. The second-order valence-corrected chi connectivity index (χ2v) is 6.99. The van der Waals surface area contributed by atoms with E-state index in [2.05, 4.69) is 10.6 Å². The van der Waals surface area contributed by atoms with Crippen LogP contribution in [-0.2, 0) is 11.3 Å². The van der Waals surface area contributed by atoms with E-state index < -0.39 is 5.60 Å². The Morgan fingerprint density at radius 2 is 1.91 bits per heavy atom. The first-order valence-electron chi connectivity index (χ1n) is 8.11. The number of hydrogen-bond acceptors (Lipinski definition) is 4. The molecule has 0 fully saturated rings. The van der Waals surface area contributed by atoms with Crippen LogP contribution in [0.15, 0.2) is 24.3 Å². The Bertz CT molecular complexity index is 495. The van der Waals surface area contributed by atoms with E-state index in [0.717, 1.165) is 17.9 Å². The van der Waals surface area contributed by atoms with Crippen LogP contribution < -0.4 is 15.4 Å². The van der Waals surface area contributed by atoms with E-state index >= 15 is 0 Å².